The predicted octanol–water partition coefficient (Wildman–Crippen LogP) is 4.75. The van der Waals surface area contributed by atoms with Crippen LogP contribution in [0.4, 0.5) is 24.8 Å². The number of piperidine rings is 1. The molecule has 0 bridgehead atoms. The standard InChI is InChI=1S/C21H23F3N6O/c1-13(2)19-28-20(31-29-19)14-5-8-25-17(11-14)27-16-6-9-30(10-7-16)18-4-3-15(12-26-18)21(22,23)24/h3-5,8,11-13,16H,6-7,9-10H2,1-2H3,(H,25,27). The zero-order valence-electron chi connectivity index (χ0n) is 17.2. The molecule has 0 unspecified atom stereocenters. The van der Waals surface area contributed by atoms with Gasteiger partial charge >= 0.3 is 6.18 Å². The molecule has 0 spiro atoms. The van der Waals surface area contributed by atoms with E-state index in [1.54, 1.807) is 6.20 Å². The average Bonchev–Trinajstić information content (AvgIpc) is 3.25. The van der Waals surface area contributed by atoms with Gasteiger partial charge < -0.3 is 14.7 Å². The van der Waals surface area contributed by atoms with Gasteiger partial charge in [0.25, 0.3) is 5.89 Å². The van der Waals surface area contributed by atoms with Gasteiger partial charge in [0.05, 0.1) is 5.56 Å². The second-order valence-electron chi connectivity index (χ2n) is 7.85. The third-order valence-electron chi connectivity index (χ3n) is 5.21. The summed E-state index contributed by atoms with van der Waals surface area (Å²) >= 11 is 0. The molecular formula is C21H23F3N6O. The number of nitrogens with zero attached hydrogens (tertiary/aromatic N) is 5. The Bertz CT molecular complexity index is 1010. The number of anilines is 2. The minimum atomic E-state index is -4.37. The number of halogens is 3. The summed E-state index contributed by atoms with van der Waals surface area (Å²) in [6.45, 7) is 5.38. The van der Waals surface area contributed by atoms with E-state index in [9.17, 15) is 13.2 Å². The first-order valence-corrected chi connectivity index (χ1v) is 10.1. The summed E-state index contributed by atoms with van der Waals surface area (Å²) in [7, 11) is 0. The van der Waals surface area contributed by atoms with E-state index >= 15 is 0 Å². The molecule has 1 fully saturated rings. The van der Waals surface area contributed by atoms with Crippen LogP contribution >= 0.6 is 0 Å². The molecule has 10 heteroatoms. The van der Waals surface area contributed by atoms with Gasteiger partial charge in [-0.3, -0.25) is 0 Å². The predicted molar refractivity (Wildman–Crippen MR) is 110 cm³/mol. The summed E-state index contributed by atoms with van der Waals surface area (Å²) in [4.78, 5) is 14.8. The van der Waals surface area contributed by atoms with E-state index in [4.69, 9.17) is 4.52 Å². The molecule has 1 aliphatic rings. The first kappa shape index (κ1) is 21.1. The van der Waals surface area contributed by atoms with E-state index < -0.39 is 11.7 Å². The third-order valence-corrected chi connectivity index (χ3v) is 5.21. The van der Waals surface area contributed by atoms with Crippen molar-refractivity contribution in [1.29, 1.82) is 0 Å². The van der Waals surface area contributed by atoms with Gasteiger partial charge in [-0.2, -0.15) is 18.2 Å². The van der Waals surface area contributed by atoms with Crippen molar-refractivity contribution < 1.29 is 17.7 Å². The van der Waals surface area contributed by atoms with E-state index in [0.29, 0.717) is 36.4 Å². The van der Waals surface area contributed by atoms with Crippen molar-refractivity contribution in [1.82, 2.24) is 20.1 Å². The highest BCUT2D eigenvalue weighted by molar-refractivity contribution is 5.58. The Morgan fingerprint density at radius 3 is 2.52 bits per heavy atom. The molecule has 0 amide bonds. The molecule has 1 N–H and O–H groups in total. The van der Waals surface area contributed by atoms with Crippen LogP contribution in [0.25, 0.3) is 11.5 Å². The SMILES string of the molecule is CC(C)c1noc(-c2ccnc(NC3CCN(c4ccc(C(F)(F)F)cn4)CC3)c2)n1. The Hall–Kier alpha value is -3.17. The number of pyridine rings is 2. The first-order chi connectivity index (χ1) is 14.8. The van der Waals surface area contributed by atoms with Gasteiger partial charge in [0, 0.05) is 43.0 Å². The van der Waals surface area contributed by atoms with Crippen LogP contribution in [0.15, 0.2) is 41.2 Å². The van der Waals surface area contributed by atoms with Crippen molar-refractivity contribution in [2.24, 2.45) is 0 Å². The van der Waals surface area contributed by atoms with Crippen LogP contribution in [0.3, 0.4) is 0 Å². The highest BCUT2D eigenvalue weighted by atomic mass is 19.4. The van der Waals surface area contributed by atoms with Crippen LogP contribution in [0.5, 0.6) is 0 Å². The monoisotopic (exact) mass is 432 g/mol. The lowest BCUT2D eigenvalue weighted by Gasteiger charge is -2.33. The second-order valence-corrected chi connectivity index (χ2v) is 7.85. The van der Waals surface area contributed by atoms with E-state index in [-0.39, 0.29) is 12.0 Å². The summed E-state index contributed by atoms with van der Waals surface area (Å²) in [5.74, 6) is 2.57. The quantitative estimate of drug-likeness (QED) is 0.623. The molecule has 0 radical (unpaired) electrons. The Morgan fingerprint density at radius 2 is 1.90 bits per heavy atom. The molecule has 0 saturated carbocycles. The van der Waals surface area contributed by atoms with Crippen molar-refractivity contribution in [3.8, 4) is 11.5 Å². The molecule has 4 rings (SSSR count). The maximum Gasteiger partial charge on any atom is 0.417 e. The number of hydrogen-bond donors (Lipinski definition) is 1. The molecule has 3 aromatic rings. The van der Waals surface area contributed by atoms with E-state index in [1.807, 2.05) is 30.9 Å². The fraction of sp³-hybridized carbons (Fsp3) is 0.429. The Kier molecular flexibility index (Phi) is 5.79. The molecule has 0 atom stereocenters. The van der Waals surface area contributed by atoms with Crippen molar-refractivity contribution in [2.45, 2.75) is 44.8 Å². The smallest absolute Gasteiger partial charge is 0.367 e. The number of hydrogen-bond acceptors (Lipinski definition) is 7. The molecule has 1 saturated heterocycles. The van der Waals surface area contributed by atoms with Crippen LogP contribution in [-0.2, 0) is 6.18 Å². The van der Waals surface area contributed by atoms with Gasteiger partial charge in [-0.15, -0.1) is 0 Å². The lowest BCUT2D eigenvalue weighted by molar-refractivity contribution is -0.137. The number of aromatic nitrogens is 4. The van der Waals surface area contributed by atoms with Gasteiger partial charge in [-0.25, -0.2) is 9.97 Å². The molecule has 4 heterocycles. The molecule has 0 aromatic carbocycles. The number of rotatable bonds is 5. The fourth-order valence-electron chi connectivity index (χ4n) is 3.43. The van der Waals surface area contributed by atoms with Gasteiger partial charge in [0.15, 0.2) is 5.82 Å². The van der Waals surface area contributed by atoms with E-state index in [0.717, 1.165) is 30.7 Å². The zero-order chi connectivity index (χ0) is 22.0. The minimum Gasteiger partial charge on any atom is -0.367 e. The van der Waals surface area contributed by atoms with E-state index in [1.165, 1.54) is 6.07 Å². The van der Waals surface area contributed by atoms with Crippen molar-refractivity contribution >= 4 is 11.6 Å². The summed E-state index contributed by atoms with van der Waals surface area (Å²) in [5.41, 5.74) is 0.0591. The summed E-state index contributed by atoms with van der Waals surface area (Å²) in [6, 6.07) is 6.40. The minimum absolute atomic E-state index is 0.182. The average molecular weight is 432 g/mol. The van der Waals surface area contributed by atoms with Crippen LogP contribution in [0, 0.1) is 0 Å². The highest BCUT2D eigenvalue weighted by Gasteiger charge is 2.31. The van der Waals surface area contributed by atoms with Crippen LogP contribution in [-0.4, -0.2) is 39.2 Å². The van der Waals surface area contributed by atoms with E-state index in [2.05, 4.69) is 25.4 Å². The number of nitrogens with one attached hydrogen (secondary N) is 1. The molecule has 31 heavy (non-hydrogen) atoms. The maximum atomic E-state index is 12.7. The molecule has 7 nitrogen and oxygen atoms in total. The lowest BCUT2D eigenvalue weighted by atomic mass is 10.0. The van der Waals surface area contributed by atoms with Crippen LogP contribution in [0.2, 0.25) is 0 Å². The first-order valence-electron chi connectivity index (χ1n) is 10.1. The topological polar surface area (TPSA) is 80.0 Å². The summed E-state index contributed by atoms with van der Waals surface area (Å²) in [6.07, 6.45) is -0.170. The van der Waals surface area contributed by atoms with Crippen LogP contribution in [0.1, 0.15) is 44.0 Å². The lowest BCUT2D eigenvalue weighted by Crippen LogP contribution is -2.39. The molecule has 3 aromatic heterocycles. The van der Waals surface area contributed by atoms with Crippen molar-refractivity contribution in [3.63, 3.8) is 0 Å². The van der Waals surface area contributed by atoms with Gasteiger partial charge in [0.1, 0.15) is 11.6 Å². The molecule has 164 valence electrons. The Balaban J connectivity index is 1.36. The summed E-state index contributed by atoms with van der Waals surface area (Å²) in [5, 5.41) is 7.42. The highest BCUT2D eigenvalue weighted by Crippen LogP contribution is 2.30. The molecule has 1 aliphatic heterocycles. The largest absolute Gasteiger partial charge is 0.417 e. The van der Waals surface area contributed by atoms with Crippen LogP contribution < -0.4 is 10.2 Å². The molecule has 0 aliphatic carbocycles. The van der Waals surface area contributed by atoms with Gasteiger partial charge in [-0.1, -0.05) is 19.0 Å². The van der Waals surface area contributed by atoms with Crippen molar-refractivity contribution in [3.05, 3.63) is 48.0 Å². The third kappa shape index (κ3) is 4.95. The normalized spacial score (nSPS) is 15.5. The molecular weight excluding hydrogens is 409 g/mol. The fourth-order valence-corrected chi connectivity index (χ4v) is 3.43. The Morgan fingerprint density at radius 1 is 1.13 bits per heavy atom. The zero-order valence-corrected chi connectivity index (χ0v) is 17.2. The summed E-state index contributed by atoms with van der Waals surface area (Å²) < 4.78 is 43.5. The van der Waals surface area contributed by atoms with Crippen molar-refractivity contribution in [2.75, 3.05) is 23.3 Å². The number of alkyl halides is 3. The van der Waals surface area contributed by atoms with Gasteiger partial charge in [0.2, 0.25) is 0 Å². The Labute approximate surface area is 177 Å². The van der Waals surface area contributed by atoms with Gasteiger partial charge in [-0.05, 0) is 37.1 Å². The second kappa shape index (κ2) is 8.52. The maximum absolute atomic E-state index is 12.7.